The Morgan fingerprint density at radius 1 is 1.47 bits per heavy atom. The first kappa shape index (κ1) is 13.8. The largest absolute Gasteiger partial charge is 0.497 e. The van der Waals surface area contributed by atoms with Gasteiger partial charge in [0, 0.05) is 19.6 Å². The Bertz CT molecular complexity index is 444. The summed E-state index contributed by atoms with van der Waals surface area (Å²) in [5, 5.41) is 5.96. The summed E-state index contributed by atoms with van der Waals surface area (Å²) in [5.41, 5.74) is 0.817. The van der Waals surface area contributed by atoms with Crippen LogP contribution in [0.25, 0.3) is 0 Å². The van der Waals surface area contributed by atoms with Crippen molar-refractivity contribution >= 4 is 5.91 Å². The molecule has 0 radical (unpaired) electrons. The number of methoxy groups -OCH3 is 1. The summed E-state index contributed by atoms with van der Waals surface area (Å²) in [5.74, 6) is 0.687. The maximum atomic E-state index is 11.7. The third kappa shape index (κ3) is 3.94. The van der Waals surface area contributed by atoms with E-state index in [9.17, 15) is 4.79 Å². The molecule has 1 saturated heterocycles. The Kier molecular flexibility index (Phi) is 4.39. The van der Waals surface area contributed by atoms with Gasteiger partial charge in [-0.05, 0) is 24.6 Å². The van der Waals surface area contributed by atoms with Crippen LogP contribution in [0.15, 0.2) is 24.3 Å². The van der Waals surface area contributed by atoms with Crippen LogP contribution in [0, 0.1) is 0 Å². The predicted octanol–water partition coefficient (Wildman–Crippen LogP) is 0.690. The summed E-state index contributed by atoms with van der Waals surface area (Å²) in [4.78, 5) is 11.7. The molecular weight excluding hydrogens is 244 g/mol. The zero-order valence-corrected chi connectivity index (χ0v) is 11.4. The average Bonchev–Trinajstić information content (AvgIpc) is 2.41. The molecule has 0 unspecified atom stereocenters. The van der Waals surface area contributed by atoms with E-state index in [1.807, 2.05) is 31.2 Å². The van der Waals surface area contributed by atoms with Crippen LogP contribution in [0.2, 0.25) is 0 Å². The summed E-state index contributed by atoms with van der Waals surface area (Å²) >= 11 is 0. The molecule has 1 heterocycles. The van der Waals surface area contributed by atoms with E-state index in [0.29, 0.717) is 6.54 Å². The van der Waals surface area contributed by atoms with Crippen molar-refractivity contribution in [2.24, 2.45) is 0 Å². The van der Waals surface area contributed by atoms with Crippen LogP contribution in [0.4, 0.5) is 0 Å². The molecule has 0 aliphatic carbocycles. The van der Waals surface area contributed by atoms with E-state index in [2.05, 4.69) is 10.6 Å². The first-order chi connectivity index (χ1) is 9.11. The minimum atomic E-state index is -0.187. The molecule has 2 rings (SSSR count). The van der Waals surface area contributed by atoms with Crippen molar-refractivity contribution in [2.75, 3.05) is 26.8 Å². The maximum absolute atomic E-state index is 11.7. The number of hydrogen-bond donors (Lipinski definition) is 2. The highest BCUT2D eigenvalue weighted by molar-refractivity contribution is 5.77. The lowest BCUT2D eigenvalue weighted by Crippen LogP contribution is -2.59. The fourth-order valence-electron chi connectivity index (χ4n) is 1.85. The normalized spacial score (nSPS) is 16.5. The lowest BCUT2D eigenvalue weighted by atomic mass is 10.0. The summed E-state index contributed by atoms with van der Waals surface area (Å²) in [7, 11) is 1.62. The van der Waals surface area contributed by atoms with Crippen LogP contribution in [0.3, 0.4) is 0 Å². The van der Waals surface area contributed by atoms with Gasteiger partial charge in [-0.15, -0.1) is 0 Å². The molecule has 2 N–H and O–H groups in total. The third-order valence-electron chi connectivity index (χ3n) is 3.17. The molecule has 0 atom stereocenters. The van der Waals surface area contributed by atoms with Gasteiger partial charge < -0.3 is 20.1 Å². The van der Waals surface area contributed by atoms with Gasteiger partial charge in [-0.25, -0.2) is 0 Å². The smallest absolute Gasteiger partial charge is 0.246 e. The number of nitrogens with one attached hydrogen (secondary N) is 2. The molecule has 104 valence electrons. The fourth-order valence-corrected chi connectivity index (χ4v) is 1.85. The number of rotatable bonds is 6. The van der Waals surface area contributed by atoms with E-state index >= 15 is 0 Å². The van der Waals surface area contributed by atoms with Crippen molar-refractivity contribution in [1.82, 2.24) is 10.6 Å². The zero-order valence-electron chi connectivity index (χ0n) is 11.4. The van der Waals surface area contributed by atoms with Gasteiger partial charge in [-0.1, -0.05) is 12.1 Å². The van der Waals surface area contributed by atoms with Crippen molar-refractivity contribution in [3.05, 3.63) is 29.8 Å². The molecule has 5 nitrogen and oxygen atoms in total. The van der Waals surface area contributed by atoms with Gasteiger partial charge in [-0.2, -0.15) is 0 Å². The van der Waals surface area contributed by atoms with E-state index in [1.54, 1.807) is 7.11 Å². The average molecular weight is 264 g/mol. The van der Waals surface area contributed by atoms with E-state index in [4.69, 9.17) is 9.47 Å². The molecule has 1 amide bonds. The maximum Gasteiger partial charge on any atom is 0.246 e. The van der Waals surface area contributed by atoms with Crippen LogP contribution in [0.5, 0.6) is 5.75 Å². The van der Waals surface area contributed by atoms with E-state index in [0.717, 1.165) is 24.4 Å². The second-order valence-electron chi connectivity index (χ2n) is 4.97. The Morgan fingerprint density at radius 3 is 2.89 bits per heavy atom. The fraction of sp³-hybridized carbons (Fsp3) is 0.500. The second-order valence-corrected chi connectivity index (χ2v) is 4.97. The highest BCUT2D eigenvalue weighted by atomic mass is 16.5. The molecule has 0 aromatic heterocycles. The summed E-state index contributed by atoms with van der Waals surface area (Å²) in [6.45, 7) is 4.18. The molecule has 0 saturated carbocycles. The van der Waals surface area contributed by atoms with Crippen LogP contribution in [-0.4, -0.2) is 38.3 Å². The quantitative estimate of drug-likeness (QED) is 0.793. The number of carbonyl (C=O) groups is 1. The lowest BCUT2D eigenvalue weighted by molar-refractivity contribution is -0.136. The van der Waals surface area contributed by atoms with Crippen molar-refractivity contribution in [1.29, 1.82) is 0 Å². The van der Waals surface area contributed by atoms with Gasteiger partial charge in [0.2, 0.25) is 5.91 Å². The van der Waals surface area contributed by atoms with Crippen LogP contribution < -0.4 is 15.4 Å². The monoisotopic (exact) mass is 264 g/mol. The molecule has 0 spiro atoms. The van der Waals surface area contributed by atoms with Crippen LogP contribution in [0.1, 0.15) is 12.5 Å². The van der Waals surface area contributed by atoms with Crippen molar-refractivity contribution in [2.45, 2.75) is 19.1 Å². The number of benzene rings is 1. The van der Waals surface area contributed by atoms with Gasteiger partial charge >= 0.3 is 0 Å². The van der Waals surface area contributed by atoms with E-state index in [1.165, 1.54) is 0 Å². The third-order valence-corrected chi connectivity index (χ3v) is 3.17. The molecule has 0 bridgehead atoms. The SMILES string of the molecule is COc1cccc(CNC(=O)COC2(C)CNC2)c1. The molecule has 1 aromatic rings. The predicted molar refractivity (Wildman–Crippen MR) is 72.1 cm³/mol. The van der Waals surface area contributed by atoms with Gasteiger partial charge in [-0.3, -0.25) is 4.79 Å². The van der Waals surface area contributed by atoms with Crippen molar-refractivity contribution in [3.8, 4) is 5.75 Å². The molecule has 1 aliphatic rings. The van der Waals surface area contributed by atoms with Crippen LogP contribution >= 0.6 is 0 Å². The number of carbonyl (C=O) groups excluding carboxylic acids is 1. The standard InChI is InChI=1S/C14H20N2O3/c1-14(9-15-10-14)19-8-13(17)16-7-11-4-3-5-12(6-11)18-2/h3-6,15H,7-10H2,1-2H3,(H,16,17). The molecule has 1 fully saturated rings. The first-order valence-electron chi connectivity index (χ1n) is 6.36. The highest BCUT2D eigenvalue weighted by Gasteiger charge is 2.32. The summed E-state index contributed by atoms with van der Waals surface area (Å²) in [6.07, 6.45) is 0. The van der Waals surface area contributed by atoms with E-state index in [-0.39, 0.29) is 18.1 Å². The van der Waals surface area contributed by atoms with Crippen LogP contribution in [-0.2, 0) is 16.1 Å². The van der Waals surface area contributed by atoms with Crippen molar-refractivity contribution in [3.63, 3.8) is 0 Å². The topological polar surface area (TPSA) is 59.6 Å². The first-order valence-corrected chi connectivity index (χ1v) is 6.36. The molecular formula is C14H20N2O3. The second kappa shape index (κ2) is 6.04. The minimum absolute atomic E-state index is 0.0994. The molecule has 19 heavy (non-hydrogen) atoms. The van der Waals surface area contributed by atoms with Crippen molar-refractivity contribution < 1.29 is 14.3 Å². The lowest BCUT2D eigenvalue weighted by Gasteiger charge is -2.38. The summed E-state index contributed by atoms with van der Waals surface area (Å²) < 4.78 is 10.7. The van der Waals surface area contributed by atoms with Gasteiger partial charge in [0.15, 0.2) is 0 Å². The Hall–Kier alpha value is -1.59. The molecule has 1 aromatic carbocycles. The molecule has 1 aliphatic heterocycles. The Morgan fingerprint density at radius 2 is 2.26 bits per heavy atom. The Labute approximate surface area is 113 Å². The minimum Gasteiger partial charge on any atom is -0.497 e. The summed E-state index contributed by atoms with van der Waals surface area (Å²) in [6, 6.07) is 7.62. The highest BCUT2D eigenvalue weighted by Crippen LogP contribution is 2.15. The van der Waals surface area contributed by atoms with E-state index < -0.39 is 0 Å². The molecule has 5 heteroatoms. The zero-order chi connectivity index (χ0) is 13.7. The van der Waals surface area contributed by atoms with Gasteiger partial charge in [0.1, 0.15) is 12.4 Å². The number of amides is 1. The number of ether oxygens (including phenoxy) is 2. The Balaban J connectivity index is 1.73. The number of hydrogen-bond acceptors (Lipinski definition) is 4. The van der Waals surface area contributed by atoms with Gasteiger partial charge in [0.25, 0.3) is 0 Å². The van der Waals surface area contributed by atoms with Gasteiger partial charge in [0.05, 0.1) is 12.7 Å².